The summed E-state index contributed by atoms with van der Waals surface area (Å²) in [4.78, 5) is 130. The fourth-order valence-electron chi connectivity index (χ4n) is 7.53. The van der Waals surface area contributed by atoms with Crippen molar-refractivity contribution in [2.75, 3.05) is 27.2 Å². The summed E-state index contributed by atoms with van der Waals surface area (Å²) < 4.78 is 5.81. The number of hydrogen-bond donors (Lipinski definition) is 12. The topological polar surface area (TPSA) is 408 Å². The Morgan fingerprint density at radius 1 is 0.784 bits per heavy atom. The Kier molecular flexibility index (Phi) is 26.0. The highest BCUT2D eigenvalue weighted by molar-refractivity contribution is 6.00. The van der Waals surface area contributed by atoms with Crippen molar-refractivity contribution in [3.8, 4) is 0 Å². The lowest BCUT2D eigenvalue weighted by Crippen LogP contribution is -2.59. The molecule has 25 heteroatoms. The zero-order valence-corrected chi connectivity index (χ0v) is 43.1. The molecule has 10 atom stereocenters. The summed E-state index contributed by atoms with van der Waals surface area (Å²) in [5.74, 6) is -13.1. The molecule has 1 aromatic carbocycles. The molecule has 1 saturated heterocycles. The standard InChI is InChI=1S/C49H75N13O12/c1-26(24-27(2)37(74-8)25-32-14-10-9-11-15-32)18-19-33-28(3)40(64)60-36(46(70)71)20-21-38(63)62(7)31(6)43(67)56-30(5)42(66)59-35(17-13-23-55-49(52)53)45(69)61-39(47(72)73)29(4)41(65)58-34(44(68)57-33)16-12-22-54-48(50)51/h9-11,14-15,18-19,24,27-30,33-37,39H,6,12-13,16-17,20-23,25H2,1-5,7-8H3,(H,56,67)(H,57,68)(H,58,65)(H,59,66)(H,60,64)(H,61,69)(H,70,71)(H,72,73)(H4,50,51,54)(H4,52,53,55)/b19-18+,26-24+/t27-,28-,29+,30+,33+,34-,35-,36-,37+,39-/m1/s1. The Bertz CT molecular complexity index is 2280. The molecule has 0 radical (unpaired) electrons. The second-order valence-corrected chi connectivity index (χ2v) is 18.1. The first-order valence-corrected chi connectivity index (χ1v) is 24.1. The SMILES string of the molecule is C=C1C(=O)N[C@@H](C)C(=O)N[C@H](CCCN=C(N)N)C(=O)N[C@@H](C(=O)O)[C@H](C)C(=O)N[C@H](CCCN=C(N)N)C(=O)N[C@@H](/C=C/C(C)=C/[C@@H](C)[C@H](Cc2ccccc2)OC)[C@@H](C)C(=O)N[C@@H](C(=O)O)CCC(=O)N1C. The van der Waals surface area contributed by atoms with Crippen molar-refractivity contribution in [3.63, 3.8) is 0 Å². The molecule has 0 unspecified atom stereocenters. The van der Waals surface area contributed by atoms with Gasteiger partial charge in [-0.15, -0.1) is 0 Å². The van der Waals surface area contributed by atoms with Gasteiger partial charge < -0.3 is 74.7 Å². The van der Waals surface area contributed by atoms with Gasteiger partial charge in [0.2, 0.25) is 35.4 Å². The van der Waals surface area contributed by atoms with Crippen molar-refractivity contribution in [1.82, 2.24) is 36.8 Å². The van der Waals surface area contributed by atoms with Gasteiger partial charge in [-0.05, 0) is 57.9 Å². The minimum Gasteiger partial charge on any atom is -0.480 e. The summed E-state index contributed by atoms with van der Waals surface area (Å²) in [5.41, 5.74) is 23.2. The van der Waals surface area contributed by atoms with Crippen LogP contribution in [-0.2, 0) is 54.3 Å². The van der Waals surface area contributed by atoms with Crippen LogP contribution in [0.5, 0.6) is 0 Å². The summed E-state index contributed by atoms with van der Waals surface area (Å²) in [6, 6.07) is 0.633. The van der Waals surface area contributed by atoms with E-state index in [-0.39, 0.29) is 62.7 Å². The van der Waals surface area contributed by atoms with E-state index in [1.165, 1.54) is 33.9 Å². The molecule has 0 aromatic heterocycles. The van der Waals surface area contributed by atoms with Gasteiger partial charge >= 0.3 is 11.9 Å². The lowest BCUT2D eigenvalue weighted by Gasteiger charge is -2.28. The molecule has 1 aliphatic heterocycles. The second-order valence-electron chi connectivity index (χ2n) is 18.1. The Balaban J connectivity index is 2.74. The summed E-state index contributed by atoms with van der Waals surface area (Å²) in [7, 11) is 2.80. The first-order chi connectivity index (χ1) is 34.8. The maximum absolute atomic E-state index is 14.4. The van der Waals surface area contributed by atoms with Gasteiger partial charge in [0.1, 0.15) is 35.9 Å². The number of amides is 7. The first kappa shape index (κ1) is 62.3. The molecule has 2 rings (SSSR count). The average molecular weight is 1040 g/mol. The van der Waals surface area contributed by atoms with Crippen molar-refractivity contribution in [1.29, 1.82) is 0 Å². The maximum atomic E-state index is 14.4. The molecular weight excluding hydrogens is 963 g/mol. The number of nitrogens with zero attached hydrogens (tertiary/aromatic N) is 3. The Morgan fingerprint density at radius 3 is 1.85 bits per heavy atom. The van der Waals surface area contributed by atoms with Crippen molar-refractivity contribution in [3.05, 3.63) is 72.0 Å². The van der Waals surface area contributed by atoms with Gasteiger partial charge in [0.15, 0.2) is 11.9 Å². The van der Waals surface area contributed by atoms with Gasteiger partial charge in [0, 0.05) is 39.6 Å². The maximum Gasteiger partial charge on any atom is 0.327 e. The summed E-state index contributed by atoms with van der Waals surface area (Å²) >= 11 is 0. The quantitative estimate of drug-likeness (QED) is 0.0281. The number of allylic oxidation sites excluding steroid dienone is 2. The van der Waals surface area contributed by atoms with Gasteiger partial charge in [0.05, 0.1) is 24.0 Å². The fraction of sp³-hybridized carbons (Fsp3) is 0.531. The number of benzene rings is 1. The van der Waals surface area contributed by atoms with Gasteiger partial charge in [-0.25, -0.2) is 9.59 Å². The molecule has 25 nitrogen and oxygen atoms in total. The zero-order chi connectivity index (χ0) is 55.8. The van der Waals surface area contributed by atoms with Crippen molar-refractivity contribution in [2.24, 2.45) is 50.7 Å². The number of carbonyl (C=O) groups is 9. The molecule has 74 heavy (non-hydrogen) atoms. The minimum atomic E-state index is -1.95. The van der Waals surface area contributed by atoms with Crippen LogP contribution >= 0.6 is 0 Å². The number of nitrogens with two attached hydrogens (primary N) is 4. The van der Waals surface area contributed by atoms with Crippen LogP contribution in [0.3, 0.4) is 0 Å². The van der Waals surface area contributed by atoms with Crippen LogP contribution in [0.15, 0.2) is 76.4 Å². The number of ether oxygens (including phenoxy) is 1. The molecule has 0 spiro atoms. The van der Waals surface area contributed by atoms with E-state index in [1.54, 1.807) is 20.1 Å². The third-order valence-electron chi connectivity index (χ3n) is 12.2. The molecular formula is C49H75N13O12. The lowest BCUT2D eigenvalue weighted by molar-refractivity contribution is -0.146. The number of likely N-dealkylation sites (N-methyl/N-ethyl adjacent to an activating group) is 1. The number of aliphatic carboxylic acids is 2. The van der Waals surface area contributed by atoms with E-state index in [4.69, 9.17) is 27.7 Å². The van der Waals surface area contributed by atoms with E-state index in [1.807, 2.05) is 43.3 Å². The predicted molar refractivity (Wildman–Crippen MR) is 275 cm³/mol. The Hall–Kier alpha value is -7.83. The zero-order valence-electron chi connectivity index (χ0n) is 43.1. The van der Waals surface area contributed by atoms with E-state index in [0.717, 1.165) is 10.5 Å². The average Bonchev–Trinajstić information content (AvgIpc) is 3.34. The molecule has 7 amide bonds. The molecule has 1 heterocycles. The van der Waals surface area contributed by atoms with E-state index in [2.05, 4.69) is 48.5 Å². The fourth-order valence-corrected chi connectivity index (χ4v) is 7.53. The molecule has 1 aliphatic rings. The van der Waals surface area contributed by atoms with Gasteiger partial charge in [0.25, 0.3) is 5.91 Å². The molecule has 0 saturated carbocycles. The number of carboxylic acid groups (broad SMARTS) is 2. The van der Waals surface area contributed by atoms with Crippen LogP contribution < -0.4 is 54.8 Å². The summed E-state index contributed by atoms with van der Waals surface area (Å²) in [6.45, 7) is 11.2. The van der Waals surface area contributed by atoms with Crippen LogP contribution in [0.25, 0.3) is 0 Å². The van der Waals surface area contributed by atoms with E-state index >= 15 is 0 Å². The normalized spacial score (nSPS) is 24.6. The van der Waals surface area contributed by atoms with Crippen LogP contribution in [0, 0.1) is 17.8 Å². The highest BCUT2D eigenvalue weighted by Crippen LogP contribution is 2.19. The van der Waals surface area contributed by atoms with Crippen LogP contribution in [0.1, 0.15) is 78.7 Å². The monoisotopic (exact) mass is 1040 g/mol. The predicted octanol–water partition coefficient (Wildman–Crippen LogP) is -1.37. The molecule has 16 N–H and O–H groups in total. The highest BCUT2D eigenvalue weighted by Gasteiger charge is 2.37. The number of rotatable bonds is 17. The number of guanidine groups is 2. The molecule has 0 aliphatic carbocycles. The van der Waals surface area contributed by atoms with Crippen LogP contribution in [0.2, 0.25) is 0 Å². The third kappa shape index (κ3) is 21.1. The first-order valence-electron chi connectivity index (χ1n) is 24.1. The smallest absolute Gasteiger partial charge is 0.327 e. The van der Waals surface area contributed by atoms with Crippen molar-refractivity contribution < 1.29 is 58.1 Å². The number of hydrogen-bond acceptors (Lipinski definition) is 12. The number of carbonyl (C=O) groups excluding carboxylic acids is 7. The van der Waals surface area contributed by atoms with Gasteiger partial charge in [-0.1, -0.05) is 81.5 Å². The summed E-state index contributed by atoms with van der Waals surface area (Å²) in [5, 5.41) is 35.4. The van der Waals surface area contributed by atoms with Crippen LogP contribution in [0.4, 0.5) is 0 Å². The molecule has 1 fully saturated rings. The van der Waals surface area contributed by atoms with Crippen molar-refractivity contribution >= 4 is 65.2 Å². The minimum absolute atomic E-state index is 0.00394. The van der Waals surface area contributed by atoms with Crippen LogP contribution in [-0.4, -0.2) is 150 Å². The number of nitrogens with one attached hydrogen (secondary N) is 6. The largest absolute Gasteiger partial charge is 0.480 e. The molecule has 1 aromatic rings. The van der Waals surface area contributed by atoms with Gasteiger partial charge in [-0.3, -0.25) is 43.5 Å². The van der Waals surface area contributed by atoms with Crippen molar-refractivity contribution in [2.45, 2.75) is 122 Å². The Morgan fingerprint density at radius 2 is 1.32 bits per heavy atom. The Labute approximate surface area is 430 Å². The summed E-state index contributed by atoms with van der Waals surface area (Å²) in [6.07, 6.45) is 4.40. The molecule has 408 valence electrons. The third-order valence-corrected chi connectivity index (χ3v) is 12.2. The lowest BCUT2D eigenvalue weighted by atomic mass is 9.94. The van der Waals surface area contributed by atoms with E-state index in [0.29, 0.717) is 12.0 Å². The number of aliphatic imine (C=N–C) groups is 2. The van der Waals surface area contributed by atoms with Gasteiger partial charge in [-0.2, -0.15) is 0 Å². The van der Waals surface area contributed by atoms with E-state index in [9.17, 15) is 53.4 Å². The second kappa shape index (κ2) is 30.9. The van der Waals surface area contributed by atoms with E-state index < -0.39 is 120 Å². The molecule has 0 bridgehead atoms. The highest BCUT2D eigenvalue weighted by atomic mass is 16.5. The number of carboxylic acids is 2. The number of methoxy groups -OCH3 is 1.